The number of nitrogens with zero attached hydrogens (tertiary/aromatic N) is 1. The predicted octanol–water partition coefficient (Wildman–Crippen LogP) is 2.43. The van der Waals surface area contributed by atoms with Crippen LogP contribution in [0.5, 0.6) is 5.75 Å². The fourth-order valence-electron chi connectivity index (χ4n) is 1.73. The molecule has 0 bridgehead atoms. The van der Waals surface area contributed by atoms with Crippen molar-refractivity contribution < 1.29 is 13.9 Å². The zero-order valence-corrected chi connectivity index (χ0v) is 11.4. The van der Waals surface area contributed by atoms with E-state index in [0.717, 1.165) is 16.9 Å². The van der Waals surface area contributed by atoms with Gasteiger partial charge in [0.05, 0.1) is 12.5 Å². The molecule has 2 aromatic rings. The minimum Gasteiger partial charge on any atom is -0.483 e. The maximum Gasteiger partial charge on any atom is 0.277 e. The Hall–Kier alpha value is -2.56. The van der Waals surface area contributed by atoms with Gasteiger partial charge in [-0.15, -0.1) is 0 Å². The summed E-state index contributed by atoms with van der Waals surface area (Å²) >= 11 is 0. The minimum absolute atomic E-state index is 0.0822. The summed E-state index contributed by atoms with van der Waals surface area (Å²) in [6, 6.07) is 9.31. The molecule has 0 saturated carbocycles. The highest BCUT2D eigenvalue weighted by molar-refractivity contribution is 5.81. The number of hydrazone groups is 1. The molecule has 0 fully saturated rings. The molecule has 0 atom stereocenters. The average Bonchev–Trinajstić information content (AvgIpc) is 2.91. The second-order valence-corrected chi connectivity index (χ2v) is 4.32. The second kappa shape index (κ2) is 6.56. The molecule has 1 aromatic carbocycles. The van der Waals surface area contributed by atoms with Crippen molar-refractivity contribution in [3.8, 4) is 5.75 Å². The van der Waals surface area contributed by atoms with Gasteiger partial charge >= 0.3 is 0 Å². The lowest BCUT2D eigenvalue weighted by molar-refractivity contribution is -0.123. The van der Waals surface area contributed by atoms with Crippen LogP contribution in [0.15, 0.2) is 46.1 Å². The fraction of sp³-hybridized carbons (Fsp3) is 0.200. The van der Waals surface area contributed by atoms with Crippen molar-refractivity contribution in [3.63, 3.8) is 0 Å². The van der Waals surface area contributed by atoms with Crippen LogP contribution < -0.4 is 10.2 Å². The zero-order valence-electron chi connectivity index (χ0n) is 11.4. The first kappa shape index (κ1) is 13.9. The third kappa shape index (κ3) is 3.71. The van der Waals surface area contributed by atoms with Crippen LogP contribution in [-0.4, -0.2) is 18.7 Å². The van der Waals surface area contributed by atoms with Crippen molar-refractivity contribution in [3.05, 3.63) is 53.5 Å². The van der Waals surface area contributed by atoms with Gasteiger partial charge in [-0.3, -0.25) is 4.79 Å². The van der Waals surface area contributed by atoms with Crippen LogP contribution in [0.1, 0.15) is 16.9 Å². The summed E-state index contributed by atoms with van der Waals surface area (Å²) in [6.07, 6.45) is 2.96. The molecular formula is C15H16N2O3. The maximum atomic E-state index is 11.6. The molecule has 20 heavy (non-hydrogen) atoms. The molecular weight excluding hydrogens is 256 g/mol. The highest BCUT2D eigenvalue weighted by Gasteiger charge is 2.06. The second-order valence-electron chi connectivity index (χ2n) is 4.32. The molecule has 5 nitrogen and oxygen atoms in total. The van der Waals surface area contributed by atoms with Crippen LogP contribution in [0.4, 0.5) is 0 Å². The lowest BCUT2D eigenvalue weighted by atomic mass is 10.1. The summed E-state index contributed by atoms with van der Waals surface area (Å²) in [7, 11) is 0. The van der Waals surface area contributed by atoms with E-state index in [2.05, 4.69) is 10.5 Å². The molecule has 0 unspecified atom stereocenters. The van der Waals surface area contributed by atoms with Crippen LogP contribution >= 0.6 is 0 Å². The van der Waals surface area contributed by atoms with Crippen LogP contribution in [0.2, 0.25) is 0 Å². The molecule has 0 radical (unpaired) electrons. The van der Waals surface area contributed by atoms with E-state index >= 15 is 0 Å². The normalized spacial score (nSPS) is 10.7. The van der Waals surface area contributed by atoms with E-state index in [4.69, 9.17) is 9.15 Å². The highest BCUT2D eigenvalue weighted by atomic mass is 16.5. The molecule has 0 aliphatic carbocycles. The molecule has 0 spiro atoms. The number of carbonyl (C=O) groups is 1. The summed E-state index contributed by atoms with van der Waals surface area (Å²) in [6.45, 7) is 3.80. The Balaban J connectivity index is 1.83. The molecule has 104 valence electrons. The first-order chi connectivity index (χ1) is 9.66. The molecule has 1 N–H and O–H groups in total. The van der Waals surface area contributed by atoms with Gasteiger partial charge in [0.15, 0.2) is 6.61 Å². The molecule has 0 saturated heterocycles. The number of benzene rings is 1. The van der Waals surface area contributed by atoms with E-state index in [1.165, 1.54) is 12.5 Å². The van der Waals surface area contributed by atoms with Crippen molar-refractivity contribution in [1.82, 2.24) is 5.43 Å². The third-order valence-electron chi connectivity index (χ3n) is 2.68. The summed E-state index contributed by atoms with van der Waals surface area (Å²) in [5.74, 6) is 0.981. The lowest BCUT2D eigenvalue weighted by Crippen LogP contribution is -2.24. The molecule has 1 heterocycles. The molecule has 2 rings (SSSR count). The van der Waals surface area contributed by atoms with Crippen molar-refractivity contribution >= 4 is 12.1 Å². The molecule has 1 amide bonds. The molecule has 0 aliphatic rings. The Kier molecular flexibility index (Phi) is 4.55. The number of aryl methyl sites for hydroxylation is 2. The Labute approximate surface area is 117 Å². The number of amides is 1. The lowest BCUT2D eigenvalue weighted by Gasteiger charge is -2.10. The van der Waals surface area contributed by atoms with E-state index < -0.39 is 0 Å². The summed E-state index contributed by atoms with van der Waals surface area (Å²) in [4.78, 5) is 11.6. The molecule has 1 aromatic heterocycles. The molecule has 5 heteroatoms. The van der Waals surface area contributed by atoms with Gasteiger partial charge < -0.3 is 9.15 Å². The monoisotopic (exact) mass is 272 g/mol. The quantitative estimate of drug-likeness (QED) is 0.671. The Morgan fingerprint density at radius 3 is 2.70 bits per heavy atom. The van der Waals surface area contributed by atoms with Crippen LogP contribution in [-0.2, 0) is 4.79 Å². The zero-order chi connectivity index (χ0) is 14.4. The first-order valence-corrected chi connectivity index (χ1v) is 6.21. The predicted molar refractivity (Wildman–Crippen MR) is 75.9 cm³/mol. The van der Waals surface area contributed by atoms with Gasteiger partial charge in [-0.05, 0) is 37.1 Å². The minimum atomic E-state index is -0.324. The van der Waals surface area contributed by atoms with E-state index in [0.29, 0.717) is 5.76 Å². The standard InChI is InChI=1S/C15H16N2O3/c1-11-5-3-6-12(2)15(11)20-10-14(18)17-16-9-13-7-4-8-19-13/h3-9H,10H2,1-2H3,(H,17,18)/b16-9-. The number of ether oxygens (including phenoxy) is 1. The topological polar surface area (TPSA) is 63.8 Å². The van der Waals surface area contributed by atoms with Crippen molar-refractivity contribution in [2.75, 3.05) is 6.61 Å². The molecule has 0 aliphatic heterocycles. The fourth-order valence-corrected chi connectivity index (χ4v) is 1.73. The van der Waals surface area contributed by atoms with Gasteiger partial charge in [-0.2, -0.15) is 5.10 Å². The van der Waals surface area contributed by atoms with Crippen molar-refractivity contribution in [1.29, 1.82) is 0 Å². The van der Waals surface area contributed by atoms with E-state index in [1.54, 1.807) is 12.1 Å². The Morgan fingerprint density at radius 2 is 2.05 bits per heavy atom. The van der Waals surface area contributed by atoms with Crippen LogP contribution in [0.3, 0.4) is 0 Å². The third-order valence-corrected chi connectivity index (χ3v) is 2.68. The van der Waals surface area contributed by atoms with Gasteiger partial charge in [0, 0.05) is 0 Å². The number of nitrogens with one attached hydrogen (secondary N) is 1. The van der Waals surface area contributed by atoms with Gasteiger partial charge in [0.25, 0.3) is 5.91 Å². The maximum absolute atomic E-state index is 11.6. The SMILES string of the molecule is Cc1cccc(C)c1OCC(=O)N/N=C\c1ccco1. The average molecular weight is 272 g/mol. The highest BCUT2D eigenvalue weighted by Crippen LogP contribution is 2.21. The number of hydrogen-bond acceptors (Lipinski definition) is 4. The van der Waals surface area contributed by atoms with Crippen LogP contribution in [0.25, 0.3) is 0 Å². The summed E-state index contributed by atoms with van der Waals surface area (Å²) in [5, 5.41) is 3.77. The van der Waals surface area contributed by atoms with Crippen LogP contribution in [0, 0.1) is 13.8 Å². The Morgan fingerprint density at radius 1 is 1.30 bits per heavy atom. The van der Waals surface area contributed by atoms with E-state index in [9.17, 15) is 4.79 Å². The summed E-state index contributed by atoms with van der Waals surface area (Å²) < 4.78 is 10.6. The van der Waals surface area contributed by atoms with Gasteiger partial charge in [-0.25, -0.2) is 5.43 Å². The number of para-hydroxylation sites is 1. The van der Waals surface area contributed by atoms with Gasteiger partial charge in [0.2, 0.25) is 0 Å². The first-order valence-electron chi connectivity index (χ1n) is 6.21. The summed E-state index contributed by atoms with van der Waals surface area (Å²) in [5.41, 5.74) is 4.37. The van der Waals surface area contributed by atoms with Crippen molar-refractivity contribution in [2.45, 2.75) is 13.8 Å². The van der Waals surface area contributed by atoms with Crippen molar-refractivity contribution in [2.24, 2.45) is 5.10 Å². The van der Waals surface area contributed by atoms with Gasteiger partial charge in [0.1, 0.15) is 11.5 Å². The number of hydrogen-bond donors (Lipinski definition) is 1. The number of rotatable bonds is 5. The largest absolute Gasteiger partial charge is 0.483 e. The van der Waals surface area contributed by atoms with E-state index in [-0.39, 0.29) is 12.5 Å². The Bertz CT molecular complexity index is 583. The number of furan rings is 1. The van der Waals surface area contributed by atoms with Gasteiger partial charge in [-0.1, -0.05) is 18.2 Å². The smallest absolute Gasteiger partial charge is 0.277 e. The van der Waals surface area contributed by atoms with E-state index in [1.807, 2.05) is 32.0 Å². The number of carbonyl (C=O) groups excluding carboxylic acids is 1.